The molecule has 2 nitrogen and oxygen atoms in total. The quantitative estimate of drug-likeness (QED) is 0.831. The van der Waals surface area contributed by atoms with Gasteiger partial charge in [0.2, 0.25) is 0 Å². The summed E-state index contributed by atoms with van der Waals surface area (Å²) in [4.78, 5) is 0. The zero-order valence-corrected chi connectivity index (χ0v) is 12.3. The van der Waals surface area contributed by atoms with Gasteiger partial charge < -0.3 is 10.5 Å². The molecule has 1 aromatic rings. The van der Waals surface area contributed by atoms with Crippen molar-refractivity contribution in [1.29, 1.82) is 0 Å². The van der Waals surface area contributed by atoms with E-state index in [0.717, 1.165) is 6.42 Å². The van der Waals surface area contributed by atoms with Crippen molar-refractivity contribution < 1.29 is 4.74 Å². The third kappa shape index (κ3) is 4.79. The van der Waals surface area contributed by atoms with E-state index in [0.29, 0.717) is 5.92 Å². The molecule has 18 heavy (non-hydrogen) atoms. The van der Waals surface area contributed by atoms with E-state index in [1.807, 2.05) is 6.92 Å². The molecule has 2 N–H and O–H groups in total. The summed E-state index contributed by atoms with van der Waals surface area (Å²) in [6, 6.07) is 8.46. The highest BCUT2D eigenvalue weighted by Gasteiger charge is 2.20. The molecule has 0 saturated carbocycles. The number of rotatable bonds is 6. The Hall–Kier alpha value is -0.860. The molecule has 0 aliphatic carbocycles. The van der Waals surface area contributed by atoms with Gasteiger partial charge in [0, 0.05) is 6.04 Å². The van der Waals surface area contributed by atoms with E-state index in [1.165, 1.54) is 11.1 Å². The molecule has 2 heteroatoms. The summed E-state index contributed by atoms with van der Waals surface area (Å²) in [5.74, 6) is 0.645. The van der Waals surface area contributed by atoms with E-state index in [-0.39, 0.29) is 18.2 Å². The first-order chi connectivity index (χ1) is 8.40. The lowest BCUT2D eigenvalue weighted by Crippen LogP contribution is -2.30. The van der Waals surface area contributed by atoms with Crippen LogP contribution in [0.1, 0.15) is 51.3 Å². The van der Waals surface area contributed by atoms with Crippen molar-refractivity contribution in [2.24, 2.45) is 11.7 Å². The predicted octanol–water partition coefficient (Wildman–Crippen LogP) is 3.83. The molecular formula is C16H27NO. The Morgan fingerprint density at radius 1 is 1.06 bits per heavy atom. The Kier molecular flexibility index (Phi) is 5.83. The summed E-state index contributed by atoms with van der Waals surface area (Å²) in [6.45, 7) is 10.7. The van der Waals surface area contributed by atoms with Gasteiger partial charge in [0.1, 0.15) is 0 Å². The minimum atomic E-state index is -0.0145. The maximum absolute atomic E-state index is 6.12. The van der Waals surface area contributed by atoms with Crippen LogP contribution in [0.4, 0.5) is 0 Å². The Balaban J connectivity index is 2.74. The third-order valence-electron chi connectivity index (χ3n) is 3.07. The van der Waals surface area contributed by atoms with Crippen LogP contribution in [-0.4, -0.2) is 12.1 Å². The number of aryl methyl sites for hydroxylation is 1. The van der Waals surface area contributed by atoms with E-state index >= 15 is 0 Å². The first-order valence-electron chi connectivity index (χ1n) is 6.87. The summed E-state index contributed by atoms with van der Waals surface area (Å²) < 4.78 is 6.12. The molecule has 1 aromatic carbocycles. The van der Waals surface area contributed by atoms with E-state index in [1.54, 1.807) is 0 Å². The number of benzene rings is 1. The van der Waals surface area contributed by atoms with Crippen LogP contribution >= 0.6 is 0 Å². The second-order valence-electron chi connectivity index (χ2n) is 5.77. The number of hydrogen-bond donors (Lipinski definition) is 1. The lowest BCUT2D eigenvalue weighted by atomic mass is 10.0. The molecule has 0 spiro atoms. The number of nitrogens with two attached hydrogens (primary N) is 1. The molecular weight excluding hydrogens is 222 g/mol. The van der Waals surface area contributed by atoms with Gasteiger partial charge in [0.05, 0.1) is 12.2 Å². The number of ether oxygens (including phenoxy) is 1. The molecule has 0 aliphatic rings. The molecule has 3 unspecified atom stereocenters. The Labute approximate surface area is 112 Å². The molecule has 0 aliphatic heterocycles. The average molecular weight is 249 g/mol. The minimum absolute atomic E-state index is 0.00215. The fraction of sp³-hybridized carbons (Fsp3) is 0.625. The van der Waals surface area contributed by atoms with Gasteiger partial charge >= 0.3 is 0 Å². The topological polar surface area (TPSA) is 35.2 Å². The van der Waals surface area contributed by atoms with Crippen molar-refractivity contribution in [2.45, 2.75) is 59.3 Å². The molecule has 0 fully saturated rings. The molecule has 0 bridgehead atoms. The smallest absolute Gasteiger partial charge is 0.0976 e. The lowest BCUT2D eigenvalue weighted by molar-refractivity contribution is -0.0237. The molecule has 1 rings (SSSR count). The van der Waals surface area contributed by atoms with Crippen molar-refractivity contribution in [3.8, 4) is 0 Å². The van der Waals surface area contributed by atoms with E-state index in [9.17, 15) is 0 Å². The highest BCUT2D eigenvalue weighted by atomic mass is 16.5. The monoisotopic (exact) mass is 249 g/mol. The number of hydrogen-bond acceptors (Lipinski definition) is 2. The molecule has 0 saturated heterocycles. The standard InChI is InChI=1S/C16H27NO/c1-11(2)10-13(4)18-16(14(5)17)15-8-6-12(3)7-9-15/h6-9,11,13-14,16H,10,17H2,1-5H3. The van der Waals surface area contributed by atoms with Crippen LogP contribution in [0.2, 0.25) is 0 Å². The fourth-order valence-corrected chi connectivity index (χ4v) is 2.23. The van der Waals surface area contributed by atoms with Crippen molar-refractivity contribution in [3.05, 3.63) is 35.4 Å². The highest BCUT2D eigenvalue weighted by molar-refractivity contribution is 5.24. The summed E-state index contributed by atoms with van der Waals surface area (Å²) in [5, 5.41) is 0. The van der Waals surface area contributed by atoms with Gasteiger partial charge in [-0.3, -0.25) is 0 Å². The van der Waals surface area contributed by atoms with Crippen molar-refractivity contribution in [2.75, 3.05) is 0 Å². The fourth-order valence-electron chi connectivity index (χ4n) is 2.23. The van der Waals surface area contributed by atoms with Crippen LogP contribution in [-0.2, 0) is 4.74 Å². The van der Waals surface area contributed by atoms with Gasteiger partial charge in [-0.15, -0.1) is 0 Å². The minimum Gasteiger partial charge on any atom is -0.369 e. The molecule has 102 valence electrons. The predicted molar refractivity (Wildman–Crippen MR) is 77.6 cm³/mol. The summed E-state index contributed by atoms with van der Waals surface area (Å²) in [5.41, 5.74) is 8.49. The maximum atomic E-state index is 6.12. The Bertz CT molecular complexity index is 343. The molecule has 0 heterocycles. The van der Waals surface area contributed by atoms with Crippen molar-refractivity contribution >= 4 is 0 Å². The molecule has 3 atom stereocenters. The van der Waals surface area contributed by atoms with E-state index in [2.05, 4.69) is 52.0 Å². The zero-order valence-electron chi connectivity index (χ0n) is 12.3. The van der Waals surface area contributed by atoms with E-state index in [4.69, 9.17) is 10.5 Å². The summed E-state index contributed by atoms with van der Waals surface area (Å²) in [6.07, 6.45) is 1.29. The first-order valence-corrected chi connectivity index (χ1v) is 6.87. The Morgan fingerprint density at radius 2 is 1.61 bits per heavy atom. The van der Waals surface area contributed by atoms with Crippen LogP contribution in [0.5, 0.6) is 0 Å². The largest absolute Gasteiger partial charge is 0.369 e. The van der Waals surface area contributed by atoms with Crippen LogP contribution < -0.4 is 5.73 Å². The second-order valence-corrected chi connectivity index (χ2v) is 5.77. The van der Waals surface area contributed by atoms with Gasteiger partial charge in [-0.25, -0.2) is 0 Å². The van der Waals surface area contributed by atoms with Gasteiger partial charge in [-0.05, 0) is 38.7 Å². The molecule has 0 amide bonds. The van der Waals surface area contributed by atoms with Gasteiger partial charge in [-0.1, -0.05) is 43.7 Å². The van der Waals surface area contributed by atoms with Gasteiger partial charge in [0.25, 0.3) is 0 Å². The second kappa shape index (κ2) is 6.91. The zero-order chi connectivity index (χ0) is 13.7. The first kappa shape index (κ1) is 15.2. The highest BCUT2D eigenvalue weighted by Crippen LogP contribution is 2.24. The van der Waals surface area contributed by atoms with Gasteiger partial charge in [-0.2, -0.15) is 0 Å². The SMILES string of the molecule is Cc1ccc(C(OC(C)CC(C)C)C(C)N)cc1. The van der Waals surface area contributed by atoms with Crippen molar-refractivity contribution in [3.63, 3.8) is 0 Å². The van der Waals surface area contributed by atoms with Crippen LogP contribution in [0, 0.1) is 12.8 Å². The summed E-state index contributed by atoms with van der Waals surface area (Å²) >= 11 is 0. The third-order valence-corrected chi connectivity index (χ3v) is 3.07. The lowest BCUT2D eigenvalue weighted by Gasteiger charge is -2.27. The van der Waals surface area contributed by atoms with Crippen LogP contribution in [0.15, 0.2) is 24.3 Å². The van der Waals surface area contributed by atoms with Crippen LogP contribution in [0.3, 0.4) is 0 Å². The normalized spacial score (nSPS) is 16.6. The van der Waals surface area contributed by atoms with Crippen LogP contribution in [0.25, 0.3) is 0 Å². The van der Waals surface area contributed by atoms with E-state index < -0.39 is 0 Å². The maximum Gasteiger partial charge on any atom is 0.0976 e. The molecule has 0 radical (unpaired) electrons. The summed E-state index contributed by atoms with van der Waals surface area (Å²) in [7, 11) is 0. The Morgan fingerprint density at radius 3 is 2.06 bits per heavy atom. The van der Waals surface area contributed by atoms with Gasteiger partial charge in [0.15, 0.2) is 0 Å². The average Bonchev–Trinajstić information content (AvgIpc) is 2.26. The van der Waals surface area contributed by atoms with Crippen molar-refractivity contribution in [1.82, 2.24) is 0 Å². The molecule has 0 aromatic heterocycles.